The summed E-state index contributed by atoms with van der Waals surface area (Å²) < 4.78 is 0. The Labute approximate surface area is 65.5 Å². The molecule has 0 aromatic carbocycles. The maximum absolute atomic E-state index is 7.74. The van der Waals surface area contributed by atoms with E-state index < -0.39 is 0 Å². The Balaban J connectivity index is 0.000000180. The Morgan fingerprint density at radius 1 is 1.20 bits per heavy atom. The number of pyridine rings is 1. The number of rotatable bonds is 1. The zero-order chi connectivity index (χ0) is 7.66. The van der Waals surface area contributed by atoms with Gasteiger partial charge in [0.25, 0.3) is 0 Å². The first-order chi connectivity index (χ1) is 4.91. The summed E-state index contributed by atoms with van der Waals surface area (Å²) in [6.45, 7) is 0.0849. The molecule has 1 rings (SSSR count). The smallest absolute Gasteiger partial charge is 0.0566 e. The lowest BCUT2D eigenvalue weighted by Crippen LogP contribution is -1.76. The van der Waals surface area contributed by atoms with E-state index in [9.17, 15) is 0 Å². The van der Waals surface area contributed by atoms with Crippen molar-refractivity contribution >= 4 is 11.6 Å². The number of nitrogens with zero attached hydrogens (tertiary/aromatic N) is 1. The maximum Gasteiger partial charge on any atom is 0.0566 e. The number of aliphatic hydroxyl groups excluding tert-OH is 1. The third-order valence-corrected chi connectivity index (χ3v) is 0.820. The molecule has 10 heavy (non-hydrogen) atoms. The highest BCUT2D eigenvalue weighted by Crippen LogP contribution is 1.73. The number of halogens is 1. The summed E-state index contributed by atoms with van der Waals surface area (Å²) in [5.41, 5.74) is 0. The van der Waals surface area contributed by atoms with Crippen LogP contribution in [0, 0.1) is 0 Å². The lowest BCUT2D eigenvalue weighted by Gasteiger charge is -1.70. The van der Waals surface area contributed by atoms with Crippen LogP contribution in [-0.2, 0) is 0 Å². The van der Waals surface area contributed by atoms with Crippen molar-refractivity contribution in [2.75, 3.05) is 12.5 Å². The van der Waals surface area contributed by atoms with Crippen molar-refractivity contribution in [1.29, 1.82) is 0 Å². The molecule has 0 unspecified atom stereocenters. The molecule has 3 heteroatoms. The van der Waals surface area contributed by atoms with E-state index >= 15 is 0 Å². The van der Waals surface area contributed by atoms with Crippen LogP contribution in [-0.4, -0.2) is 22.6 Å². The van der Waals surface area contributed by atoms with Crippen LogP contribution >= 0.6 is 11.6 Å². The van der Waals surface area contributed by atoms with Gasteiger partial charge in [0.1, 0.15) is 0 Å². The Morgan fingerprint density at radius 3 is 1.80 bits per heavy atom. The summed E-state index contributed by atoms with van der Waals surface area (Å²) in [6.07, 6.45) is 3.50. The second-order valence-corrected chi connectivity index (χ2v) is 1.82. The Morgan fingerprint density at radius 2 is 1.70 bits per heavy atom. The number of aliphatic hydroxyl groups is 1. The van der Waals surface area contributed by atoms with E-state index in [0.29, 0.717) is 5.88 Å². The van der Waals surface area contributed by atoms with Crippen molar-refractivity contribution < 1.29 is 5.11 Å². The molecule has 0 radical (unpaired) electrons. The molecule has 56 valence electrons. The quantitative estimate of drug-likeness (QED) is 0.627. The number of hydrogen-bond donors (Lipinski definition) is 1. The molecule has 1 aromatic rings. The van der Waals surface area contributed by atoms with E-state index in [-0.39, 0.29) is 6.61 Å². The van der Waals surface area contributed by atoms with Crippen LogP contribution in [0.15, 0.2) is 30.6 Å². The lowest BCUT2D eigenvalue weighted by molar-refractivity contribution is 0.321. The van der Waals surface area contributed by atoms with Gasteiger partial charge in [-0.2, -0.15) is 0 Å². The normalized spacial score (nSPS) is 7.80. The molecule has 0 fully saturated rings. The van der Waals surface area contributed by atoms with Crippen molar-refractivity contribution in [1.82, 2.24) is 4.98 Å². The molecule has 0 atom stereocenters. The van der Waals surface area contributed by atoms with Crippen LogP contribution in [0.4, 0.5) is 0 Å². The van der Waals surface area contributed by atoms with Gasteiger partial charge >= 0.3 is 0 Å². The number of hydrogen-bond acceptors (Lipinski definition) is 2. The molecule has 0 bridgehead atoms. The summed E-state index contributed by atoms with van der Waals surface area (Å²) in [6, 6.07) is 5.72. The van der Waals surface area contributed by atoms with E-state index in [1.807, 2.05) is 18.2 Å². The fourth-order valence-electron chi connectivity index (χ4n) is 0.313. The first-order valence-corrected chi connectivity index (χ1v) is 3.47. The van der Waals surface area contributed by atoms with Crippen LogP contribution in [0.25, 0.3) is 0 Å². The first kappa shape index (κ1) is 9.40. The van der Waals surface area contributed by atoms with Crippen LogP contribution in [0.2, 0.25) is 0 Å². The number of aromatic nitrogens is 1. The molecule has 0 spiro atoms. The summed E-state index contributed by atoms with van der Waals surface area (Å²) in [4.78, 5) is 3.78. The largest absolute Gasteiger partial charge is 0.395 e. The minimum absolute atomic E-state index is 0.0849. The Bertz CT molecular complexity index is 106. The van der Waals surface area contributed by atoms with Gasteiger partial charge in [-0.05, 0) is 12.1 Å². The SMILES string of the molecule is OCCCl.c1ccncc1. The lowest BCUT2D eigenvalue weighted by atomic mass is 10.5. The van der Waals surface area contributed by atoms with Gasteiger partial charge in [0, 0.05) is 18.3 Å². The van der Waals surface area contributed by atoms with Crippen LogP contribution in [0.5, 0.6) is 0 Å². The van der Waals surface area contributed by atoms with Gasteiger partial charge in [-0.15, -0.1) is 11.6 Å². The van der Waals surface area contributed by atoms with Gasteiger partial charge in [0.15, 0.2) is 0 Å². The van der Waals surface area contributed by atoms with E-state index in [0.717, 1.165) is 0 Å². The highest BCUT2D eigenvalue weighted by atomic mass is 35.5. The first-order valence-electron chi connectivity index (χ1n) is 2.93. The fourth-order valence-corrected chi connectivity index (χ4v) is 0.313. The second kappa shape index (κ2) is 8.40. The number of alkyl halides is 1. The van der Waals surface area contributed by atoms with E-state index in [4.69, 9.17) is 16.7 Å². The summed E-state index contributed by atoms with van der Waals surface area (Å²) in [5.74, 6) is 0.347. The van der Waals surface area contributed by atoms with Crippen molar-refractivity contribution in [3.05, 3.63) is 30.6 Å². The van der Waals surface area contributed by atoms with Gasteiger partial charge in [-0.3, -0.25) is 4.98 Å². The topological polar surface area (TPSA) is 33.1 Å². The van der Waals surface area contributed by atoms with Crippen LogP contribution in [0.3, 0.4) is 0 Å². The van der Waals surface area contributed by atoms with E-state index in [1.165, 1.54) is 0 Å². The van der Waals surface area contributed by atoms with E-state index in [1.54, 1.807) is 12.4 Å². The molecule has 0 saturated carbocycles. The molecule has 1 aromatic heterocycles. The Hall–Kier alpha value is -0.600. The molecule has 0 aliphatic heterocycles. The summed E-state index contributed by atoms with van der Waals surface area (Å²) in [5, 5.41) is 7.74. The zero-order valence-electron chi connectivity index (χ0n) is 5.57. The highest BCUT2D eigenvalue weighted by Gasteiger charge is 1.60. The van der Waals surface area contributed by atoms with Crippen LogP contribution < -0.4 is 0 Å². The monoisotopic (exact) mass is 159 g/mol. The minimum Gasteiger partial charge on any atom is -0.395 e. The molecule has 0 saturated heterocycles. The summed E-state index contributed by atoms with van der Waals surface area (Å²) >= 11 is 4.94. The van der Waals surface area contributed by atoms with Gasteiger partial charge in [0.2, 0.25) is 0 Å². The molecular formula is C7H10ClNO. The average Bonchev–Trinajstić information content (AvgIpc) is 2.08. The highest BCUT2D eigenvalue weighted by molar-refractivity contribution is 6.17. The standard InChI is InChI=1S/C5H5N.C2H5ClO/c1-2-4-6-5-3-1;3-1-2-4/h1-5H;4H,1-2H2. The molecule has 2 nitrogen and oxygen atoms in total. The van der Waals surface area contributed by atoms with Crippen molar-refractivity contribution in [3.63, 3.8) is 0 Å². The van der Waals surface area contributed by atoms with Gasteiger partial charge in [0.05, 0.1) is 6.61 Å². The van der Waals surface area contributed by atoms with Gasteiger partial charge in [-0.25, -0.2) is 0 Å². The van der Waals surface area contributed by atoms with Crippen molar-refractivity contribution in [2.45, 2.75) is 0 Å². The average molecular weight is 160 g/mol. The van der Waals surface area contributed by atoms with Crippen molar-refractivity contribution in [3.8, 4) is 0 Å². The Kier molecular flexibility index (Phi) is 7.90. The molecule has 1 N–H and O–H groups in total. The third kappa shape index (κ3) is 7.40. The van der Waals surface area contributed by atoms with Gasteiger partial charge < -0.3 is 5.11 Å². The summed E-state index contributed by atoms with van der Waals surface area (Å²) in [7, 11) is 0. The predicted octanol–water partition coefficient (Wildman–Crippen LogP) is 1.30. The molecule has 1 heterocycles. The van der Waals surface area contributed by atoms with Gasteiger partial charge in [-0.1, -0.05) is 6.07 Å². The maximum atomic E-state index is 7.74. The molecule has 0 aliphatic carbocycles. The molecular weight excluding hydrogens is 150 g/mol. The molecule has 0 amide bonds. The third-order valence-electron chi connectivity index (χ3n) is 0.651. The zero-order valence-corrected chi connectivity index (χ0v) is 6.33. The fraction of sp³-hybridized carbons (Fsp3) is 0.286. The minimum atomic E-state index is 0.0849. The molecule has 0 aliphatic rings. The van der Waals surface area contributed by atoms with Crippen LogP contribution in [0.1, 0.15) is 0 Å². The predicted molar refractivity (Wildman–Crippen MR) is 42.0 cm³/mol. The second-order valence-electron chi connectivity index (χ2n) is 1.44. The van der Waals surface area contributed by atoms with Crippen molar-refractivity contribution in [2.24, 2.45) is 0 Å². The van der Waals surface area contributed by atoms with E-state index in [2.05, 4.69) is 4.98 Å².